The summed E-state index contributed by atoms with van der Waals surface area (Å²) >= 11 is 0. The second kappa shape index (κ2) is 15.5. The van der Waals surface area contributed by atoms with Crippen LogP contribution in [0, 0.1) is 29.1 Å². The maximum Gasteiger partial charge on any atom is 0.338 e. The molecular formula is C37H48O12. The van der Waals surface area contributed by atoms with Gasteiger partial charge in [-0.2, -0.15) is 0 Å². The summed E-state index contributed by atoms with van der Waals surface area (Å²) in [4.78, 5) is 79.1. The molecule has 12 heteroatoms. The minimum absolute atomic E-state index is 0.131. The van der Waals surface area contributed by atoms with E-state index in [0.29, 0.717) is 0 Å². The van der Waals surface area contributed by atoms with Gasteiger partial charge in [0.05, 0.1) is 17.4 Å². The molecule has 1 saturated carbocycles. The van der Waals surface area contributed by atoms with Crippen LogP contribution < -0.4 is 0 Å². The van der Waals surface area contributed by atoms with Gasteiger partial charge in [-0.15, -0.1) is 0 Å². The van der Waals surface area contributed by atoms with E-state index in [2.05, 4.69) is 6.58 Å². The Kier molecular flexibility index (Phi) is 12.4. The monoisotopic (exact) mass is 684 g/mol. The number of carbonyl (C=O) groups excluding carboxylic acids is 6. The van der Waals surface area contributed by atoms with Gasteiger partial charge in [-0.05, 0) is 24.5 Å². The van der Waals surface area contributed by atoms with Crippen molar-refractivity contribution in [2.24, 2.45) is 29.1 Å². The predicted molar refractivity (Wildman–Crippen MR) is 175 cm³/mol. The van der Waals surface area contributed by atoms with E-state index in [0.717, 1.165) is 20.8 Å². The summed E-state index contributed by atoms with van der Waals surface area (Å²) in [5.41, 5.74) is -3.52. The van der Waals surface area contributed by atoms with E-state index in [-0.39, 0.29) is 17.6 Å². The first kappa shape index (κ1) is 39.1. The zero-order chi connectivity index (χ0) is 37.0. The van der Waals surface area contributed by atoms with Crippen molar-refractivity contribution in [2.75, 3.05) is 0 Å². The van der Waals surface area contributed by atoms with Crippen molar-refractivity contribution in [3.05, 3.63) is 60.2 Å². The fraction of sp³-hybridized carbons (Fsp3) is 0.568. The Balaban J connectivity index is 2.41. The Labute approximate surface area is 287 Å². The SMILES string of the molecule is C=C1[C@@H](OC(C)=O)[C@@H](OC(=O)c2ccccc2)[C@@H](OC(C)=O)C(C)(C)/C=C/[C@@H](C)C(=O)[C@@]2(O)C[C@H](C)[C@H](OC(=O)C(C)C)[C@@H]2[C@H]1OC(C)=O. The van der Waals surface area contributed by atoms with Crippen LogP contribution in [0.3, 0.4) is 0 Å². The maximum atomic E-state index is 14.3. The molecule has 1 fully saturated rings. The lowest BCUT2D eigenvalue weighted by Gasteiger charge is -2.44. The third kappa shape index (κ3) is 8.83. The lowest BCUT2D eigenvalue weighted by atomic mass is 9.72. The van der Waals surface area contributed by atoms with Crippen molar-refractivity contribution in [1.29, 1.82) is 0 Å². The highest BCUT2D eigenvalue weighted by molar-refractivity contribution is 5.92. The molecule has 0 aromatic heterocycles. The van der Waals surface area contributed by atoms with Crippen LogP contribution in [-0.4, -0.2) is 76.9 Å². The Hall–Kier alpha value is -4.32. The lowest BCUT2D eigenvalue weighted by molar-refractivity contribution is -0.181. The van der Waals surface area contributed by atoms with Crippen LogP contribution in [-0.2, 0) is 47.7 Å². The maximum absolute atomic E-state index is 14.3. The summed E-state index contributed by atoms with van der Waals surface area (Å²) in [6.45, 7) is 17.3. The summed E-state index contributed by atoms with van der Waals surface area (Å²) in [5, 5.41) is 12.4. The van der Waals surface area contributed by atoms with Crippen LogP contribution in [0.25, 0.3) is 0 Å². The number of hydrogen-bond donors (Lipinski definition) is 1. The first-order valence-corrected chi connectivity index (χ1v) is 16.3. The van der Waals surface area contributed by atoms with Gasteiger partial charge in [0.25, 0.3) is 0 Å². The zero-order valence-electron chi connectivity index (χ0n) is 29.6. The fourth-order valence-corrected chi connectivity index (χ4v) is 6.61. The van der Waals surface area contributed by atoms with Crippen LogP contribution in [0.5, 0.6) is 0 Å². The van der Waals surface area contributed by atoms with Crippen molar-refractivity contribution in [3.63, 3.8) is 0 Å². The number of fused-ring (bicyclic) bond motifs is 1. The molecule has 12 nitrogen and oxygen atoms in total. The molecule has 2 aliphatic rings. The quantitative estimate of drug-likeness (QED) is 0.246. The fourth-order valence-electron chi connectivity index (χ4n) is 6.61. The van der Waals surface area contributed by atoms with Gasteiger partial charge in [0.2, 0.25) is 0 Å². The molecule has 3 rings (SSSR count). The third-order valence-electron chi connectivity index (χ3n) is 9.00. The molecule has 0 radical (unpaired) electrons. The average Bonchev–Trinajstić information content (AvgIpc) is 3.27. The minimum Gasteiger partial charge on any atom is -0.461 e. The summed E-state index contributed by atoms with van der Waals surface area (Å²) in [6, 6.07) is 7.94. The van der Waals surface area contributed by atoms with Crippen LogP contribution in [0.1, 0.15) is 79.1 Å². The molecule has 0 bridgehead atoms. The molecule has 0 saturated heterocycles. The molecule has 1 aromatic carbocycles. The topological polar surface area (TPSA) is 169 Å². The van der Waals surface area contributed by atoms with Crippen molar-refractivity contribution in [3.8, 4) is 0 Å². The Morgan fingerprint density at radius 3 is 1.92 bits per heavy atom. The van der Waals surface area contributed by atoms with Crippen molar-refractivity contribution >= 4 is 35.6 Å². The van der Waals surface area contributed by atoms with E-state index in [1.54, 1.807) is 65.8 Å². The molecule has 9 atom stereocenters. The number of carbonyl (C=O) groups is 6. The summed E-state index contributed by atoms with van der Waals surface area (Å²) in [6.07, 6.45) is -4.52. The van der Waals surface area contributed by atoms with Gasteiger partial charge in [0.1, 0.15) is 17.8 Å². The first-order chi connectivity index (χ1) is 22.7. The molecule has 0 heterocycles. The number of allylic oxidation sites excluding steroid dienone is 1. The van der Waals surface area contributed by atoms with Gasteiger partial charge in [0.15, 0.2) is 24.1 Å². The first-order valence-electron chi connectivity index (χ1n) is 16.3. The molecule has 1 aromatic rings. The van der Waals surface area contributed by atoms with Gasteiger partial charge in [0, 0.05) is 37.7 Å². The van der Waals surface area contributed by atoms with Crippen molar-refractivity contribution in [2.45, 2.75) is 105 Å². The molecule has 49 heavy (non-hydrogen) atoms. The van der Waals surface area contributed by atoms with Crippen LogP contribution >= 0.6 is 0 Å². The average molecular weight is 685 g/mol. The van der Waals surface area contributed by atoms with E-state index in [1.807, 2.05) is 0 Å². The van der Waals surface area contributed by atoms with Gasteiger partial charge in [-0.1, -0.05) is 78.5 Å². The minimum atomic E-state index is -2.23. The van der Waals surface area contributed by atoms with Crippen LogP contribution in [0.2, 0.25) is 0 Å². The Morgan fingerprint density at radius 2 is 1.39 bits per heavy atom. The largest absolute Gasteiger partial charge is 0.461 e. The Bertz CT molecular complexity index is 1480. The van der Waals surface area contributed by atoms with E-state index in [1.165, 1.54) is 18.2 Å². The molecule has 2 aliphatic carbocycles. The number of ketones is 1. The van der Waals surface area contributed by atoms with E-state index in [9.17, 15) is 33.9 Å². The second-order valence-corrected chi connectivity index (χ2v) is 13.9. The number of rotatable bonds is 7. The number of aliphatic hydroxyl groups is 1. The van der Waals surface area contributed by atoms with Gasteiger partial charge >= 0.3 is 29.8 Å². The van der Waals surface area contributed by atoms with E-state index in [4.69, 9.17) is 23.7 Å². The zero-order valence-corrected chi connectivity index (χ0v) is 29.6. The van der Waals surface area contributed by atoms with Crippen molar-refractivity contribution < 1.29 is 57.6 Å². The standard InChI is InChI=1S/C37H48O12/c1-19(2)34(42)48-28-21(4)18-37(44)27(28)29(45-23(6)38)22(5)30(46-24(7)39)31(49-35(43)26-14-12-11-13-15-26)33(47-25(8)40)36(9,10)17-16-20(3)32(37)41/h11-17,19-21,27-31,33,44H,5,18H2,1-4,6-10H3/b17-16+/t20-,21+,27-,28+,29+,30-,31-,33-,37-/m1/s1. The van der Waals surface area contributed by atoms with Crippen LogP contribution in [0.4, 0.5) is 0 Å². The van der Waals surface area contributed by atoms with Crippen molar-refractivity contribution in [1.82, 2.24) is 0 Å². The normalized spacial score (nSPS) is 32.1. The number of ether oxygens (including phenoxy) is 5. The van der Waals surface area contributed by atoms with E-state index >= 15 is 0 Å². The Morgan fingerprint density at radius 1 is 0.837 bits per heavy atom. The smallest absolute Gasteiger partial charge is 0.338 e. The van der Waals surface area contributed by atoms with Gasteiger partial charge < -0.3 is 28.8 Å². The molecule has 268 valence electrons. The molecule has 0 unspecified atom stereocenters. The molecular weight excluding hydrogens is 636 g/mol. The van der Waals surface area contributed by atoms with Gasteiger partial charge in [-0.25, -0.2) is 4.79 Å². The molecule has 0 aliphatic heterocycles. The molecule has 1 N–H and O–H groups in total. The highest BCUT2D eigenvalue weighted by Gasteiger charge is 2.63. The van der Waals surface area contributed by atoms with E-state index < -0.39 is 101 Å². The number of hydrogen-bond acceptors (Lipinski definition) is 12. The number of Topliss-reactive ketones (excluding diaryl/α,β-unsaturated/α-hetero) is 1. The summed E-state index contributed by atoms with van der Waals surface area (Å²) < 4.78 is 29.4. The highest BCUT2D eigenvalue weighted by atomic mass is 16.6. The molecule has 0 amide bonds. The van der Waals surface area contributed by atoms with Gasteiger partial charge in [-0.3, -0.25) is 24.0 Å². The number of benzene rings is 1. The third-order valence-corrected chi connectivity index (χ3v) is 9.00. The highest BCUT2D eigenvalue weighted by Crippen LogP contribution is 2.49. The summed E-state index contributed by atoms with van der Waals surface area (Å²) in [7, 11) is 0. The summed E-state index contributed by atoms with van der Waals surface area (Å²) in [5.74, 6) is -8.18. The van der Waals surface area contributed by atoms with Crippen LogP contribution in [0.15, 0.2) is 54.6 Å². The lowest BCUT2D eigenvalue weighted by Crippen LogP contribution is -2.58. The molecule has 0 spiro atoms. The predicted octanol–water partition coefficient (Wildman–Crippen LogP) is 4.32. The number of esters is 5. The second-order valence-electron chi connectivity index (χ2n) is 13.9.